The number of ether oxygens (including phenoxy) is 1. The third-order valence-electron chi connectivity index (χ3n) is 2.46. The molecule has 1 saturated carbocycles. The molecule has 0 saturated heterocycles. The molecular formula is C12H16BrNO. The van der Waals surface area contributed by atoms with Gasteiger partial charge in [-0.3, -0.25) is 0 Å². The Balaban J connectivity index is 2.34. The maximum absolute atomic E-state index is 5.89. The number of rotatable bonds is 2. The van der Waals surface area contributed by atoms with Gasteiger partial charge in [-0.1, -0.05) is 20.8 Å². The van der Waals surface area contributed by atoms with Crippen LogP contribution in [0.1, 0.15) is 39.2 Å². The van der Waals surface area contributed by atoms with Crippen molar-refractivity contribution in [2.45, 2.75) is 45.1 Å². The molecule has 0 bridgehead atoms. The summed E-state index contributed by atoms with van der Waals surface area (Å²) in [6.07, 6.45) is 4.70. The highest BCUT2D eigenvalue weighted by Crippen LogP contribution is 2.36. The summed E-state index contributed by atoms with van der Waals surface area (Å²) in [5.74, 6) is 0.979. The lowest BCUT2D eigenvalue weighted by Gasteiger charge is -2.22. The highest BCUT2D eigenvalue weighted by molar-refractivity contribution is 9.10. The molecule has 0 unspecified atom stereocenters. The molecule has 1 aliphatic rings. The predicted octanol–water partition coefficient (Wildman–Crippen LogP) is 3.68. The predicted molar refractivity (Wildman–Crippen MR) is 64.3 cm³/mol. The maximum Gasteiger partial charge on any atom is 0.127 e. The number of halogens is 1. The maximum atomic E-state index is 5.89. The molecule has 15 heavy (non-hydrogen) atoms. The van der Waals surface area contributed by atoms with Crippen LogP contribution in [0.4, 0.5) is 0 Å². The summed E-state index contributed by atoms with van der Waals surface area (Å²) in [6.45, 7) is 6.53. The lowest BCUT2D eigenvalue weighted by molar-refractivity contribution is 0.294. The van der Waals surface area contributed by atoms with Gasteiger partial charge >= 0.3 is 0 Å². The van der Waals surface area contributed by atoms with Gasteiger partial charge < -0.3 is 4.74 Å². The summed E-state index contributed by atoms with van der Waals surface area (Å²) >= 11 is 3.38. The molecule has 0 aliphatic heterocycles. The quantitative estimate of drug-likeness (QED) is 0.765. The van der Waals surface area contributed by atoms with Crippen molar-refractivity contribution in [3.8, 4) is 5.75 Å². The Kier molecular flexibility index (Phi) is 2.75. The smallest absolute Gasteiger partial charge is 0.127 e. The van der Waals surface area contributed by atoms with Crippen LogP contribution in [0, 0.1) is 0 Å². The molecule has 0 N–H and O–H groups in total. The molecular weight excluding hydrogens is 254 g/mol. The second kappa shape index (κ2) is 3.78. The van der Waals surface area contributed by atoms with E-state index < -0.39 is 0 Å². The fourth-order valence-corrected chi connectivity index (χ4v) is 1.75. The Morgan fingerprint density at radius 3 is 2.60 bits per heavy atom. The molecule has 0 amide bonds. The highest BCUT2D eigenvalue weighted by Gasteiger charge is 2.27. The van der Waals surface area contributed by atoms with E-state index in [4.69, 9.17) is 4.74 Å². The number of hydrogen-bond acceptors (Lipinski definition) is 2. The molecule has 2 rings (SSSR count). The second-order valence-corrected chi connectivity index (χ2v) is 5.88. The normalized spacial score (nSPS) is 16.5. The average molecular weight is 270 g/mol. The largest absolute Gasteiger partial charge is 0.490 e. The topological polar surface area (TPSA) is 22.1 Å². The van der Waals surface area contributed by atoms with E-state index in [1.54, 1.807) is 0 Å². The molecule has 0 aromatic carbocycles. The van der Waals surface area contributed by atoms with Crippen molar-refractivity contribution in [3.63, 3.8) is 0 Å². The first-order chi connectivity index (χ1) is 6.97. The molecule has 1 aromatic rings. The Morgan fingerprint density at radius 1 is 1.40 bits per heavy atom. The summed E-state index contributed by atoms with van der Waals surface area (Å²) < 4.78 is 6.73. The first kappa shape index (κ1) is 10.9. The Labute approximate surface area is 99.2 Å². The van der Waals surface area contributed by atoms with Crippen molar-refractivity contribution in [3.05, 3.63) is 22.4 Å². The molecule has 1 aromatic heterocycles. The van der Waals surface area contributed by atoms with Gasteiger partial charge in [-0.15, -0.1) is 0 Å². The van der Waals surface area contributed by atoms with Crippen LogP contribution in [0.2, 0.25) is 0 Å². The van der Waals surface area contributed by atoms with Gasteiger partial charge in [0.25, 0.3) is 0 Å². The highest BCUT2D eigenvalue weighted by atomic mass is 79.9. The zero-order chi connectivity index (χ0) is 11.1. The van der Waals surface area contributed by atoms with Crippen molar-refractivity contribution in [1.82, 2.24) is 4.98 Å². The third-order valence-corrected chi connectivity index (χ3v) is 2.89. The van der Waals surface area contributed by atoms with Crippen LogP contribution >= 0.6 is 15.9 Å². The van der Waals surface area contributed by atoms with Gasteiger partial charge in [0, 0.05) is 17.8 Å². The van der Waals surface area contributed by atoms with Gasteiger partial charge in [-0.25, -0.2) is 4.98 Å². The van der Waals surface area contributed by atoms with E-state index in [9.17, 15) is 0 Å². The molecule has 1 aliphatic carbocycles. The minimum Gasteiger partial charge on any atom is -0.490 e. The van der Waals surface area contributed by atoms with E-state index in [1.165, 1.54) is 18.4 Å². The van der Waals surface area contributed by atoms with Crippen LogP contribution in [-0.2, 0) is 5.41 Å². The molecule has 2 nitrogen and oxygen atoms in total. The van der Waals surface area contributed by atoms with Crippen molar-refractivity contribution in [2.24, 2.45) is 0 Å². The van der Waals surface area contributed by atoms with E-state index in [0.29, 0.717) is 6.10 Å². The summed E-state index contributed by atoms with van der Waals surface area (Å²) in [5, 5.41) is 0. The van der Waals surface area contributed by atoms with Crippen LogP contribution in [0.25, 0.3) is 0 Å². The SMILES string of the molecule is CC(C)(C)c1cnc(Br)cc1OC1CC1. The first-order valence-corrected chi connectivity index (χ1v) is 6.09. The van der Waals surface area contributed by atoms with Gasteiger partial charge in [0.2, 0.25) is 0 Å². The van der Waals surface area contributed by atoms with Crippen molar-refractivity contribution in [1.29, 1.82) is 0 Å². The van der Waals surface area contributed by atoms with Crippen LogP contribution in [-0.4, -0.2) is 11.1 Å². The Bertz CT molecular complexity index is 366. The fraction of sp³-hybridized carbons (Fsp3) is 0.583. The zero-order valence-corrected chi connectivity index (χ0v) is 11.0. The molecule has 0 atom stereocenters. The number of pyridine rings is 1. The van der Waals surface area contributed by atoms with E-state index in [-0.39, 0.29) is 5.41 Å². The van der Waals surface area contributed by atoms with Crippen molar-refractivity contribution in [2.75, 3.05) is 0 Å². The molecule has 1 heterocycles. The van der Waals surface area contributed by atoms with E-state index >= 15 is 0 Å². The van der Waals surface area contributed by atoms with Gasteiger partial charge in [0.05, 0.1) is 6.10 Å². The fourth-order valence-electron chi connectivity index (χ4n) is 1.44. The minimum atomic E-state index is 0.0813. The zero-order valence-electron chi connectivity index (χ0n) is 9.38. The summed E-state index contributed by atoms with van der Waals surface area (Å²) in [5.41, 5.74) is 1.26. The molecule has 82 valence electrons. The summed E-state index contributed by atoms with van der Waals surface area (Å²) in [6, 6.07) is 1.97. The lowest BCUT2D eigenvalue weighted by atomic mass is 9.88. The third kappa shape index (κ3) is 2.71. The summed E-state index contributed by atoms with van der Waals surface area (Å²) in [7, 11) is 0. The van der Waals surface area contributed by atoms with Crippen LogP contribution < -0.4 is 4.74 Å². The molecule has 1 fully saturated rings. The van der Waals surface area contributed by atoms with Crippen LogP contribution in [0.15, 0.2) is 16.9 Å². The second-order valence-electron chi connectivity index (χ2n) is 5.07. The Morgan fingerprint density at radius 2 is 2.07 bits per heavy atom. The van der Waals surface area contributed by atoms with Crippen molar-refractivity contribution >= 4 is 15.9 Å². The van der Waals surface area contributed by atoms with E-state index in [1.807, 2.05) is 12.3 Å². The molecule has 0 radical (unpaired) electrons. The van der Waals surface area contributed by atoms with Crippen LogP contribution in [0.3, 0.4) is 0 Å². The standard InChI is InChI=1S/C12H16BrNO/c1-12(2,3)9-7-14-11(13)6-10(9)15-8-4-5-8/h6-8H,4-5H2,1-3H3. The van der Waals surface area contributed by atoms with Crippen molar-refractivity contribution < 1.29 is 4.74 Å². The molecule has 0 spiro atoms. The monoisotopic (exact) mass is 269 g/mol. The average Bonchev–Trinajstić information content (AvgIpc) is 2.85. The number of nitrogens with zero attached hydrogens (tertiary/aromatic N) is 1. The van der Waals surface area contributed by atoms with Gasteiger partial charge in [-0.05, 0) is 34.2 Å². The molecule has 3 heteroatoms. The van der Waals surface area contributed by atoms with Gasteiger partial charge in [-0.2, -0.15) is 0 Å². The lowest BCUT2D eigenvalue weighted by Crippen LogP contribution is -2.14. The number of hydrogen-bond donors (Lipinski definition) is 0. The first-order valence-electron chi connectivity index (χ1n) is 5.29. The van der Waals surface area contributed by atoms with E-state index in [2.05, 4.69) is 41.7 Å². The van der Waals surface area contributed by atoms with Gasteiger partial charge in [0.15, 0.2) is 0 Å². The number of aromatic nitrogens is 1. The Hall–Kier alpha value is -0.570. The van der Waals surface area contributed by atoms with E-state index in [0.717, 1.165) is 10.4 Å². The summed E-state index contributed by atoms with van der Waals surface area (Å²) in [4.78, 5) is 4.27. The van der Waals surface area contributed by atoms with Gasteiger partial charge in [0.1, 0.15) is 10.4 Å². The van der Waals surface area contributed by atoms with Crippen LogP contribution in [0.5, 0.6) is 5.75 Å². The minimum absolute atomic E-state index is 0.0813.